The molecule has 0 atom stereocenters. The minimum Gasteiger partial charge on any atom is -0.497 e. The molecule has 1 aromatic heterocycles. The van der Waals surface area contributed by atoms with Gasteiger partial charge in [-0.2, -0.15) is 4.99 Å². The van der Waals surface area contributed by atoms with Gasteiger partial charge in [0.15, 0.2) is 4.80 Å². The van der Waals surface area contributed by atoms with E-state index >= 15 is 0 Å². The third-order valence-electron chi connectivity index (χ3n) is 5.13. The Hall–Kier alpha value is -3.63. The van der Waals surface area contributed by atoms with Crippen LogP contribution in [0.25, 0.3) is 10.2 Å². The SMILES string of the molecule is CCn1c(=NC(=O)c2cccc(NS(=O)(=O)c3ccc(OC)cc3)c2)sc2cccc(OC)c21. The number of aryl methyl sites for hydroxylation is 1. The number of sulfonamides is 1. The Morgan fingerprint density at radius 1 is 1.03 bits per heavy atom. The lowest BCUT2D eigenvalue weighted by atomic mass is 10.2. The average Bonchev–Trinajstić information content (AvgIpc) is 3.21. The summed E-state index contributed by atoms with van der Waals surface area (Å²) in [4.78, 5) is 17.9. The van der Waals surface area contributed by atoms with E-state index in [0.29, 0.717) is 22.8 Å². The molecule has 0 unspecified atom stereocenters. The van der Waals surface area contributed by atoms with Crippen molar-refractivity contribution in [2.75, 3.05) is 18.9 Å². The fourth-order valence-corrected chi connectivity index (χ4v) is 5.64. The molecule has 0 spiro atoms. The van der Waals surface area contributed by atoms with E-state index in [9.17, 15) is 13.2 Å². The van der Waals surface area contributed by atoms with Crippen LogP contribution in [0.4, 0.5) is 5.69 Å². The van der Waals surface area contributed by atoms with Gasteiger partial charge in [0.05, 0.1) is 23.8 Å². The molecule has 0 saturated carbocycles. The van der Waals surface area contributed by atoms with Gasteiger partial charge < -0.3 is 14.0 Å². The van der Waals surface area contributed by atoms with Crippen molar-refractivity contribution in [1.29, 1.82) is 0 Å². The molecule has 4 aromatic rings. The summed E-state index contributed by atoms with van der Waals surface area (Å²) in [6.07, 6.45) is 0. The lowest BCUT2D eigenvalue weighted by Gasteiger charge is -2.09. The van der Waals surface area contributed by atoms with E-state index in [2.05, 4.69) is 9.71 Å². The lowest BCUT2D eigenvalue weighted by molar-refractivity contribution is 0.0998. The van der Waals surface area contributed by atoms with E-state index in [1.165, 1.54) is 36.6 Å². The van der Waals surface area contributed by atoms with E-state index in [4.69, 9.17) is 9.47 Å². The second-order valence-corrected chi connectivity index (χ2v) is 9.91. The van der Waals surface area contributed by atoms with Crippen molar-refractivity contribution < 1.29 is 22.7 Å². The Kier molecular flexibility index (Phi) is 6.71. The number of ether oxygens (including phenoxy) is 2. The van der Waals surface area contributed by atoms with Crippen LogP contribution in [-0.4, -0.2) is 33.1 Å². The summed E-state index contributed by atoms with van der Waals surface area (Å²) in [6, 6.07) is 18.0. The molecule has 0 saturated heterocycles. The molecule has 1 N–H and O–H groups in total. The molecule has 0 aliphatic heterocycles. The molecule has 10 heteroatoms. The van der Waals surface area contributed by atoms with Gasteiger partial charge in [0.1, 0.15) is 17.0 Å². The van der Waals surface area contributed by atoms with Crippen LogP contribution >= 0.6 is 11.3 Å². The zero-order chi connectivity index (χ0) is 24.3. The van der Waals surface area contributed by atoms with Gasteiger partial charge in [-0.1, -0.05) is 23.5 Å². The van der Waals surface area contributed by atoms with Crippen LogP contribution in [0, 0.1) is 0 Å². The Morgan fingerprint density at radius 2 is 1.76 bits per heavy atom. The van der Waals surface area contributed by atoms with Crippen molar-refractivity contribution in [3.8, 4) is 11.5 Å². The third-order valence-corrected chi connectivity index (χ3v) is 7.57. The number of hydrogen-bond acceptors (Lipinski definition) is 6. The van der Waals surface area contributed by atoms with Gasteiger partial charge in [-0.25, -0.2) is 8.42 Å². The number of methoxy groups -OCH3 is 2. The maximum absolute atomic E-state index is 13.0. The van der Waals surface area contributed by atoms with Crippen molar-refractivity contribution in [1.82, 2.24) is 4.57 Å². The van der Waals surface area contributed by atoms with Gasteiger partial charge in [-0.3, -0.25) is 9.52 Å². The first kappa shape index (κ1) is 23.5. The Morgan fingerprint density at radius 3 is 2.44 bits per heavy atom. The van der Waals surface area contributed by atoms with Crippen molar-refractivity contribution in [2.45, 2.75) is 18.4 Å². The summed E-state index contributed by atoms with van der Waals surface area (Å²) in [6.45, 7) is 2.57. The van der Waals surface area contributed by atoms with Crippen molar-refractivity contribution >= 4 is 43.2 Å². The van der Waals surface area contributed by atoms with E-state index in [0.717, 1.165) is 10.2 Å². The fraction of sp³-hybridized carbons (Fsp3) is 0.167. The predicted octanol–water partition coefficient (Wildman–Crippen LogP) is 4.28. The molecule has 4 rings (SSSR count). The third kappa shape index (κ3) is 4.68. The summed E-state index contributed by atoms with van der Waals surface area (Å²) in [5.41, 5.74) is 1.41. The number of fused-ring (bicyclic) bond motifs is 1. The molecule has 8 nitrogen and oxygen atoms in total. The predicted molar refractivity (Wildman–Crippen MR) is 132 cm³/mol. The number of carbonyl (C=O) groups is 1. The van der Waals surface area contributed by atoms with Crippen molar-refractivity contribution in [3.63, 3.8) is 0 Å². The number of amides is 1. The van der Waals surface area contributed by atoms with Crippen LogP contribution in [0.5, 0.6) is 11.5 Å². The number of hydrogen-bond donors (Lipinski definition) is 1. The summed E-state index contributed by atoms with van der Waals surface area (Å²) in [5.74, 6) is 0.786. The second-order valence-electron chi connectivity index (χ2n) is 7.21. The molecule has 1 heterocycles. The highest BCUT2D eigenvalue weighted by molar-refractivity contribution is 7.92. The quantitative estimate of drug-likeness (QED) is 0.411. The molecular weight excluding hydrogens is 474 g/mol. The number of nitrogens with one attached hydrogen (secondary N) is 1. The first-order valence-corrected chi connectivity index (χ1v) is 12.7. The van der Waals surface area contributed by atoms with Crippen LogP contribution < -0.4 is 19.0 Å². The van der Waals surface area contributed by atoms with E-state index < -0.39 is 15.9 Å². The number of nitrogens with zero attached hydrogens (tertiary/aromatic N) is 2. The molecular formula is C24H23N3O5S2. The highest BCUT2D eigenvalue weighted by atomic mass is 32.2. The van der Waals surface area contributed by atoms with Crippen LogP contribution in [0.3, 0.4) is 0 Å². The number of carbonyl (C=O) groups excluding carboxylic acids is 1. The number of anilines is 1. The number of para-hydroxylation sites is 1. The van der Waals surface area contributed by atoms with Gasteiger partial charge in [0, 0.05) is 17.8 Å². The number of thiazole rings is 1. The van der Waals surface area contributed by atoms with Gasteiger partial charge in [0.25, 0.3) is 15.9 Å². The van der Waals surface area contributed by atoms with Gasteiger partial charge in [0.2, 0.25) is 0 Å². The van der Waals surface area contributed by atoms with Gasteiger partial charge in [-0.15, -0.1) is 0 Å². The van der Waals surface area contributed by atoms with Gasteiger partial charge in [-0.05, 0) is 61.5 Å². The Bertz CT molecular complexity index is 1520. The molecule has 1 amide bonds. The summed E-state index contributed by atoms with van der Waals surface area (Å²) in [5, 5.41) is 0. The van der Waals surface area contributed by atoms with E-state index in [1.54, 1.807) is 37.4 Å². The maximum atomic E-state index is 13.0. The summed E-state index contributed by atoms with van der Waals surface area (Å²) >= 11 is 1.39. The largest absolute Gasteiger partial charge is 0.497 e. The minimum absolute atomic E-state index is 0.0814. The summed E-state index contributed by atoms with van der Waals surface area (Å²) in [7, 11) is -0.728. The first-order valence-electron chi connectivity index (χ1n) is 10.4. The van der Waals surface area contributed by atoms with Crippen LogP contribution in [-0.2, 0) is 16.6 Å². The van der Waals surface area contributed by atoms with Crippen molar-refractivity contribution in [2.24, 2.45) is 4.99 Å². The topological polar surface area (TPSA) is 99.0 Å². The Balaban J connectivity index is 1.65. The Labute approximate surface area is 201 Å². The molecule has 0 fully saturated rings. The molecule has 3 aromatic carbocycles. The first-order chi connectivity index (χ1) is 16.4. The second kappa shape index (κ2) is 9.70. The fourth-order valence-electron chi connectivity index (χ4n) is 3.48. The zero-order valence-electron chi connectivity index (χ0n) is 18.8. The standard InChI is InChI=1S/C24H23N3O5S2/c1-4-27-22-20(32-3)9-6-10-21(22)33-24(27)25-23(28)16-7-5-8-17(15-16)26-34(29,30)19-13-11-18(31-2)12-14-19/h5-15,26H,4H2,1-3H3. The molecule has 176 valence electrons. The highest BCUT2D eigenvalue weighted by Gasteiger charge is 2.16. The van der Waals surface area contributed by atoms with Crippen molar-refractivity contribution in [3.05, 3.63) is 77.1 Å². The number of benzene rings is 3. The van der Waals surface area contributed by atoms with E-state index in [1.807, 2.05) is 29.7 Å². The lowest BCUT2D eigenvalue weighted by Crippen LogP contribution is -2.16. The molecule has 34 heavy (non-hydrogen) atoms. The molecule has 0 aliphatic carbocycles. The maximum Gasteiger partial charge on any atom is 0.279 e. The molecule has 0 radical (unpaired) electrons. The average molecular weight is 498 g/mol. The number of rotatable bonds is 7. The van der Waals surface area contributed by atoms with Crippen LogP contribution in [0.1, 0.15) is 17.3 Å². The molecule has 0 bridgehead atoms. The smallest absolute Gasteiger partial charge is 0.279 e. The molecule has 0 aliphatic rings. The minimum atomic E-state index is -3.84. The monoisotopic (exact) mass is 497 g/mol. The number of aromatic nitrogens is 1. The van der Waals surface area contributed by atoms with Crippen LogP contribution in [0.15, 0.2) is 76.6 Å². The highest BCUT2D eigenvalue weighted by Crippen LogP contribution is 2.27. The van der Waals surface area contributed by atoms with Gasteiger partial charge >= 0.3 is 0 Å². The van der Waals surface area contributed by atoms with E-state index in [-0.39, 0.29) is 16.1 Å². The zero-order valence-corrected chi connectivity index (χ0v) is 20.4. The summed E-state index contributed by atoms with van der Waals surface area (Å²) < 4.78 is 41.4. The normalized spacial score (nSPS) is 12.0. The van der Waals surface area contributed by atoms with Crippen LogP contribution in [0.2, 0.25) is 0 Å².